The third-order valence-electron chi connectivity index (χ3n) is 10.5. The third kappa shape index (κ3) is 26.2. The molecule has 1 heterocycles. The van der Waals surface area contributed by atoms with Crippen molar-refractivity contribution in [3.8, 4) is 0 Å². The summed E-state index contributed by atoms with van der Waals surface area (Å²) < 4.78 is 11.2. The lowest BCUT2D eigenvalue weighted by atomic mass is 9.99. The molecule has 9 nitrogen and oxygen atoms in total. The van der Waals surface area contributed by atoms with Crippen molar-refractivity contribution in [2.75, 3.05) is 13.2 Å². The van der Waals surface area contributed by atoms with E-state index in [9.17, 15) is 30.3 Å². The highest BCUT2D eigenvalue weighted by molar-refractivity contribution is 5.76. The third-order valence-corrected chi connectivity index (χ3v) is 10.5. The second kappa shape index (κ2) is 35.1. The summed E-state index contributed by atoms with van der Waals surface area (Å²) in [6.07, 6.45) is 33.6. The van der Waals surface area contributed by atoms with Gasteiger partial charge in [0.2, 0.25) is 5.91 Å². The number of nitrogens with one attached hydrogen (secondary N) is 1. The second-order valence-electron chi connectivity index (χ2n) is 15.5. The van der Waals surface area contributed by atoms with Crippen molar-refractivity contribution in [3.63, 3.8) is 0 Å². The fourth-order valence-electron chi connectivity index (χ4n) is 6.91. The number of carbonyl (C=O) groups is 1. The Morgan fingerprint density at radius 2 is 1.06 bits per heavy atom. The fourth-order valence-corrected chi connectivity index (χ4v) is 6.91. The summed E-state index contributed by atoms with van der Waals surface area (Å²) in [6.45, 7) is 3.75. The topological polar surface area (TPSA) is 149 Å². The van der Waals surface area contributed by atoms with E-state index in [4.69, 9.17) is 9.47 Å². The highest BCUT2D eigenvalue weighted by Gasteiger charge is 2.44. The molecule has 1 amide bonds. The maximum absolute atomic E-state index is 12.9. The van der Waals surface area contributed by atoms with Crippen molar-refractivity contribution in [2.45, 2.75) is 236 Å². The van der Waals surface area contributed by atoms with Gasteiger partial charge < -0.3 is 40.3 Å². The number of rotatable bonds is 36. The summed E-state index contributed by atoms with van der Waals surface area (Å²) in [6, 6.07) is -0.802. The number of carbonyl (C=O) groups excluding carboxylic acids is 1. The molecular formula is C44H83NO8. The molecule has 0 aromatic heterocycles. The van der Waals surface area contributed by atoms with Crippen molar-refractivity contribution in [1.82, 2.24) is 5.32 Å². The largest absolute Gasteiger partial charge is 0.394 e. The van der Waals surface area contributed by atoms with Crippen LogP contribution in [0.15, 0.2) is 24.3 Å². The molecule has 7 unspecified atom stereocenters. The molecule has 1 aliphatic heterocycles. The molecule has 53 heavy (non-hydrogen) atoms. The maximum Gasteiger partial charge on any atom is 0.220 e. The Hall–Kier alpha value is -1.33. The van der Waals surface area contributed by atoms with E-state index in [1.807, 2.05) is 6.08 Å². The van der Waals surface area contributed by atoms with E-state index in [2.05, 4.69) is 31.3 Å². The molecular weight excluding hydrogens is 670 g/mol. The highest BCUT2D eigenvalue weighted by Crippen LogP contribution is 2.22. The van der Waals surface area contributed by atoms with Crippen LogP contribution >= 0.6 is 0 Å². The van der Waals surface area contributed by atoms with Crippen LogP contribution in [0.5, 0.6) is 0 Å². The number of aliphatic hydroxyl groups is 5. The van der Waals surface area contributed by atoms with Gasteiger partial charge in [0.25, 0.3) is 0 Å². The lowest BCUT2D eigenvalue weighted by Gasteiger charge is -2.40. The standard InChI is InChI=1S/C44H83NO8/c1-3-5-7-9-11-13-15-16-17-18-19-20-21-22-24-26-28-30-32-34-40(48)45-37(36-52-44-43(51)42(50)41(49)39(35-46)53-44)38(47)33-31-29-27-25-23-14-12-10-8-6-4-2/h18-19,31,33,37-39,41-44,46-47,49-51H,3-17,20-30,32,34-36H2,1-2H3,(H,45,48)/b19-18-,33-31+. The Labute approximate surface area is 324 Å². The number of aliphatic hydroxyl groups excluding tert-OH is 5. The average molecular weight is 754 g/mol. The van der Waals surface area contributed by atoms with Crippen molar-refractivity contribution >= 4 is 5.91 Å². The summed E-state index contributed by atoms with van der Waals surface area (Å²) in [5.41, 5.74) is 0. The minimum atomic E-state index is -1.56. The lowest BCUT2D eigenvalue weighted by molar-refractivity contribution is -0.302. The predicted octanol–water partition coefficient (Wildman–Crippen LogP) is 8.72. The molecule has 0 bridgehead atoms. The zero-order valence-electron chi connectivity index (χ0n) is 34.0. The molecule has 6 N–H and O–H groups in total. The summed E-state index contributed by atoms with van der Waals surface area (Å²) in [5.74, 6) is -0.183. The Morgan fingerprint density at radius 1 is 0.623 bits per heavy atom. The summed E-state index contributed by atoms with van der Waals surface area (Å²) in [5, 5.41) is 54.0. The van der Waals surface area contributed by atoms with Crippen molar-refractivity contribution in [2.24, 2.45) is 0 Å². The minimum absolute atomic E-state index is 0.183. The zero-order valence-corrected chi connectivity index (χ0v) is 34.0. The number of amides is 1. The quantitative estimate of drug-likeness (QED) is 0.0275. The molecule has 0 radical (unpaired) electrons. The SMILES string of the molecule is CCCCCCCCCC/C=C\CCCCCCCCCC(=O)NC(COC1OC(CO)C(O)C(O)C1O)C(O)/C=C/CCCCCCCCCCC. The zero-order chi connectivity index (χ0) is 38.8. The van der Waals surface area contributed by atoms with E-state index in [1.54, 1.807) is 6.08 Å². The number of ether oxygens (including phenoxy) is 2. The predicted molar refractivity (Wildman–Crippen MR) is 217 cm³/mol. The van der Waals surface area contributed by atoms with Crippen LogP contribution in [0, 0.1) is 0 Å². The molecule has 1 fully saturated rings. The van der Waals surface area contributed by atoms with Crippen LogP contribution in [0.3, 0.4) is 0 Å². The van der Waals surface area contributed by atoms with Gasteiger partial charge in [-0.15, -0.1) is 0 Å². The smallest absolute Gasteiger partial charge is 0.220 e. The maximum atomic E-state index is 12.9. The molecule has 1 saturated heterocycles. The Morgan fingerprint density at radius 3 is 1.53 bits per heavy atom. The van der Waals surface area contributed by atoms with Gasteiger partial charge in [0.1, 0.15) is 24.4 Å². The van der Waals surface area contributed by atoms with E-state index in [1.165, 1.54) is 135 Å². The van der Waals surface area contributed by atoms with Crippen molar-refractivity contribution < 1.29 is 39.8 Å². The molecule has 1 aliphatic rings. The molecule has 0 saturated carbocycles. The first-order valence-corrected chi connectivity index (χ1v) is 22.1. The van der Waals surface area contributed by atoms with Crippen LogP contribution in [0.2, 0.25) is 0 Å². The summed E-state index contributed by atoms with van der Waals surface area (Å²) in [7, 11) is 0. The number of allylic oxidation sites excluding steroid dienone is 3. The molecule has 0 spiro atoms. The first-order chi connectivity index (χ1) is 25.8. The van der Waals surface area contributed by atoms with Gasteiger partial charge in [-0.1, -0.05) is 167 Å². The molecule has 9 heteroatoms. The van der Waals surface area contributed by atoms with Gasteiger partial charge in [0.15, 0.2) is 6.29 Å². The molecule has 7 atom stereocenters. The molecule has 0 aliphatic carbocycles. The highest BCUT2D eigenvalue weighted by atomic mass is 16.7. The molecule has 0 aromatic carbocycles. The second-order valence-corrected chi connectivity index (χ2v) is 15.5. The van der Waals surface area contributed by atoms with Gasteiger partial charge in [-0.05, 0) is 44.9 Å². The Balaban J connectivity index is 2.34. The molecule has 0 aromatic rings. The number of hydrogen-bond acceptors (Lipinski definition) is 8. The first-order valence-electron chi connectivity index (χ1n) is 22.1. The lowest BCUT2D eigenvalue weighted by Crippen LogP contribution is -2.60. The van der Waals surface area contributed by atoms with E-state index < -0.39 is 49.5 Å². The summed E-state index contributed by atoms with van der Waals surface area (Å²) in [4.78, 5) is 12.9. The van der Waals surface area contributed by atoms with Crippen LogP contribution < -0.4 is 5.32 Å². The van der Waals surface area contributed by atoms with Crippen LogP contribution in [-0.4, -0.2) is 87.5 Å². The van der Waals surface area contributed by atoms with Crippen molar-refractivity contribution in [3.05, 3.63) is 24.3 Å². The monoisotopic (exact) mass is 754 g/mol. The van der Waals surface area contributed by atoms with Gasteiger partial charge in [0, 0.05) is 6.42 Å². The number of hydrogen-bond donors (Lipinski definition) is 6. The summed E-state index contributed by atoms with van der Waals surface area (Å²) >= 11 is 0. The normalized spacial score (nSPS) is 21.8. The van der Waals surface area contributed by atoms with Crippen LogP contribution in [0.25, 0.3) is 0 Å². The first kappa shape index (κ1) is 49.7. The van der Waals surface area contributed by atoms with Gasteiger partial charge in [-0.3, -0.25) is 4.79 Å². The van der Waals surface area contributed by atoms with Gasteiger partial charge in [0.05, 0.1) is 25.4 Å². The minimum Gasteiger partial charge on any atom is -0.394 e. The molecule has 312 valence electrons. The van der Waals surface area contributed by atoms with E-state index >= 15 is 0 Å². The number of unbranched alkanes of at least 4 members (excludes halogenated alkanes) is 24. The van der Waals surface area contributed by atoms with E-state index in [0.29, 0.717) is 6.42 Å². The van der Waals surface area contributed by atoms with Gasteiger partial charge in [-0.2, -0.15) is 0 Å². The van der Waals surface area contributed by atoms with Crippen LogP contribution in [0.1, 0.15) is 194 Å². The molecule has 1 rings (SSSR count). The van der Waals surface area contributed by atoms with E-state index in [-0.39, 0.29) is 12.5 Å². The van der Waals surface area contributed by atoms with Gasteiger partial charge >= 0.3 is 0 Å². The Bertz CT molecular complexity index is 883. The van der Waals surface area contributed by atoms with Crippen molar-refractivity contribution in [1.29, 1.82) is 0 Å². The fraction of sp³-hybridized carbons (Fsp3) is 0.886. The van der Waals surface area contributed by atoms with Crippen LogP contribution in [-0.2, 0) is 14.3 Å². The van der Waals surface area contributed by atoms with Gasteiger partial charge in [-0.25, -0.2) is 0 Å². The van der Waals surface area contributed by atoms with Crippen LogP contribution in [0.4, 0.5) is 0 Å². The Kier molecular flexibility index (Phi) is 32.9. The average Bonchev–Trinajstić information content (AvgIpc) is 3.16. The van der Waals surface area contributed by atoms with E-state index in [0.717, 1.165) is 38.5 Å².